The third-order valence-electron chi connectivity index (χ3n) is 6.58. The largest absolute Gasteiger partial charge is 0.360 e. The molecule has 2 fully saturated rings. The van der Waals surface area contributed by atoms with Crippen LogP contribution >= 0.6 is 0 Å². The van der Waals surface area contributed by atoms with Crippen LogP contribution in [0, 0.1) is 13.8 Å². The van der Waals surface area contributed by atoms with Gasteiger partial charge in [-0.15, -0.1) is 0 Å². The smallest absolute Gasteiger partial charge is 0.280 e. The van der Waals surface area contributed by atoms with Gasteiger partial charge in [-0.2, -0.15) is 0 Å². The first-order valence-electron chi connectivity index (χ1n) is 10.4. The maximum Gasteiger partial charge on any atom is 0.280 e. The van der Waals surface area contributed by atoms with Crippen LogP contribution < -0.4 is 9.80 Å². The molecule has 1 aromatic carbocycles. The van der Waals surface area contributed by atoms with E-state index in [1.54, 1.807) is 4.90 Å². The summed E-state index contributed by atoms with van der Waals surface area (Å²) in [6, 6.07) is 6.15. The second kappa shape index (κ2) is 8.41. The molecule has 2 aliphatic rings. The number of hydrogen-bond acceptors (Lipinski definition) is 4. The van der Waals surface area contributed by atoms with Crippen molar-refractivity contribution in [3.8, 4) is 0 Å². The summed E-state index contributed by atoms with van der Waals surface area (Å²) in [7, 11) is -2.99. The highest BCUT2D eigenvalue weighted by Crippen LogP contribution is 2.22. The first-order chi connectivity index (χ1) is 13.2. The fourth-order valence-electron chi connectivity index (χ4n) is 4.58. The summed E-state index contributed by atoms with van der Waals surface area (Å²) in [6.07, 6.45) is 0.574. The van der Waals surface area contributed by atoms with Crippen LogP contribution in [0.1, 0.15) is 31.4 Å². The fourth-order valence-corrected chi connectivity index (χ4v) is 6.32. The number of carbonyl (C=O) groups excluding carboxylic acids is 1. The second-order valence-electron chi connectivity index (χ2n) is 8.27. The average Bonchev–Trinajstić information content (AvgIpc) is 3.03. The van der Waals surface area contributed by atoms with Crippen LogP contribution in [0.3, 0.4) is 0 Å². The van der Waals surface area contributed by atoms with Gasteiger partial charge in [0.05, 0.1) is 37.7 Å². The minimum atomic E-state index is -2.99. The van der Waals surface area contributed by atoms with Crippen molar-refractivity contribution in [2.75, 3.05) is 49.1 Å². The number of nitrogens with zero attached hydrogens (tertiary/aromatic N) is 2. The van der Waals surface area contributed by atoms with Crippen molar-refractivity contribution in [2.45, 2.75) is 46.2 Å². The van der Waals surface area contributed by atoms with Crippen molar-refractivity contribution in [3.05, 3.63) is 29.3 Å². The summed E-state index contributed by atoms with van der Waals surface area (Å²) >= 11 is 0. The van der Waals surface area contributed by atoms with E-state index in [0.717, 1.165) is 26.2 Å². The molecular formula is C21H34N3O3S+. The van der Waals surface area contributed by atoms with Gasteiger partial charge in [-0.25, -0.2) is 8.42 Å². The number of piperazine rings is 1. The van der Waals surface area contributed by atoms with Gasteiger partial charge in [0, 0.05) is 18.3 Å². The van der Waals surface area contributed by atoms with Crippen molar-refractivity contribution in [2.24, 2.45) is 0 Å². The molecule has 6 nitrogen and oxygen atoms in total. The van der Waals surface area contributed by atoms with Gasteiger partial charge in [-0.3, -0.25) is 4.79 Å². The quantitative estimate of drug-likeness (QED) is 0.768. The molecule has 1 N–H and O–H groups in total. The number of nitrogens with one attached hydrogen (secondary N) is 1. The van der Waals surface area contributed by atoms with E-state index in [-0.39, 0.29) is 29.5 Å². The van der Waals surface area contributed by atoms with Crippen LogP contribution in [0.2, 0.25) is 0 Å². The normalized spacial score (nSPS) is 23.6. The summed E-state index contributed by atoms with van der Waals surface area (Å²) in [5.41, 5.74) is 3.93. The van der Waals surface area contributed by atoms with Gasteiger partial charge in [0.1, 0.15) is 0 Å². The molecule has 0 unspecified atom stereocenters. The Morgan fingerprint density at radius 1 is 1.29 bits per heavy atom. The summed E-state index contributed by atoms with van der Waals surface area (Å²) in [5, 5.41) is 0. The number of benzene rings is 1. The van der Waals surface area contributed by atoms with Crippen molar-refractivity contribution in [1.82, 2.24) is 4.90 Å². The first kappa shape index (κ1) is 21.1. The van der Waals surface area contributed by atoms with E-state index in [1.807, 2.05) is 13.8 Å². The highest BCUT2D eigenvalue weighted by atomic mass is 32.2. The molecule has 7 heteroatoms. The van der Waals surface area contributed by atoms with E-state index in [4.69, 9.17) is 0 Å². The van der Waals surface area contributed by atoms with Crippen LogP contribution in [0.25, 0.3) is 0 Å². The third-order valence-corrected chi connectivity index (χ3v) is 8.33. The third kappa shape index (κ3) is 4.35. The number of sulfone groups is 1. The molecule has 0 bridgehead atoms. The van der Waals surface area contributed by atoms with Crippen LogP contribution in [0.4, 0.5) is 5.69 Å². The summed E-state index contributed by atoms with van der Waals surface area (Å²) in [6.45, 7) is 12.5. The lowest BCUT2D eigenvalue weighted by molar-refractivity contribution is -0.915. The molecule has 3 rings (SSSR count). The Labute approximate surface area is 169 Å². The number of hydrogen-bond donors (Lipinski definition) is 1. The minimum Gasteiger partial charge on any atom is -0.360 e. The van der Waals surface area contributed by atoms with Gasteiger partial charge in [0.15, 0.2) is 15.9 Å². The SMILES string of the molecule is CCN(C(=O)[C@H](C)[NH+]1CCN(c2cccc(C)c2C)CC1)[C@H]1CCS(=O)(=O)C1. The zero-order valence-corrected chi connectivity index (χ0v) is 18.4. The predicted octanol–water partition coefficient (Wildman–Crippen LogP) is 0.432. The molecule has 2 aliphatic heterocycles. The van der Waals surface area contributed by atoms with Gasteiger partial charge in [0.2, 0.25) is 0 Å². The van der Waals surface area contributed by atoms with E-state index in [2.05, 4.69) is 36.9 Å². The second-order valence-corrected chi connectivity index (χ2v) is 10.5. The number of carbonyl (C=O) groups is 1. The van der Waals surface area contributed by atoms with Crippen LogP contribution in [-0.2, 0) is 14.6 Å². The summed E-state index contributed by atoms with van der Waals surface area (Å²) in [5.74, 6) is 0.423. The fraction of sp³-hybridized carbons (Fsp3) is 0.667. The van der Waals surface area contributed by atoms with Crippen molar-refractivity contribution < 1.29 is 18.1 Å². The Morgan fingerprint density at radius 3 is 2.54 bits per heavy atom. The molecule has 2 atom stereocenters. The standard InChI is InChI=1S/C21H33N3O3S/c1-5-24(19-9-14-28(26,27)15-19)21(25)18(4)22-10-12-23(13-11-22)20-8-6-7-16(2)17(20)3/h6-8,18-19H,5,9-15H2,1-4H3/p+1/t18-,19-/m0/s1. The zero-order valence-electron chi connectivity index (χ0n) is 17.6. The summed E-state index contributed by atoms with van der Waals surface area (Å²) < 4.78 is 23.7. The van der Waals surface area contributed by atoms with Gasteiger partial charge < -0.3 is 14.7 Å². The Bertz CT molecular complexity index is 816. The highest BCUT2D eigenvalue weighted by Gasteiger charge is 2.38. The predicted molar refractivity (Wildman–Crippen MR) is 113 cm³/mol. The van der Waals surface area contributed by atoms with E-state index in [9.17, 15) is 13.2 Å². The van der Waals surface area contributed by atoms with Crippen LogP contribution in [0.5, 0.6) is 0 Å². The van der Waals surface area contributed by atoms with Gasteiger partial charge >= 0.3 is 0 Å². The van der Waals surface area contributed by atoms with Gasteiger partial charge in [-0.05, 0) is 51.3 Å². The molecule has 1 aromatic rings. The molecule has 0 aromatic heterocycles. The van der Waals surface area contributed by atoms with Gasteiger partial charge in [0.25, 0.3) is 5.91 Å². The molecule has 28 heavy (non-hydrogen) atoms. The number of rotatable bonds is 5. The van der Waals surface area contributed by atoms with Crippen molar-refractivity contribution >= 4 is 21.4 Å². The maximum absolute atomic E-state index is 13.1. The lowest BCUT2D eigenvalue weighted by Crippen LogP contribution is -3.19. The lowest BCUT2D eigenvalue weighted by atomic mass is 10.1. The van der Waals surface area contributed by atoms with E-state index >= 15 is 0 Å². The molecular weight excluding hydrogens is 374 g/mol. The number of aryl methyl sites for hydroxylation is 1. The van der Waals surface area contributed by atoms with Crippen molar-refractivity contribution in [1.29, 1.82) is 0 Å². The van der Waals surface area contributed by atoms with E-state index in [0.29, 0.717) is 13.0 Å². The molecule has 2 saturated heterocycles. The topological polar surface area (TPSA) is 62.1 Å². The highest BCUT2D eigenvalue weighted by molar-refractivity contribution is 7.91. The first-order valence-corrected chi connectivity index (χ1v) is 12.2. The number of amides is 1. The summed E-state index contributed by atoms with van der Waals surface area (Å²) in [4.78, 5) is 18.6. The maximum atomic E-state index is 13.1. The van der Waals surface area contributed by atoms with E-state index in [1.165, 1.54) is 21.7 Å². The Balaban J connectivity index is 1.62. The number of likely N-dealkylation sites (N-methyl/N-ethyl adjacent to an activating group) is 1. The Hall–Kier alpha value is -1.60. The lowest BCUT2D eigenvalue weighted by Gasteiger charge is -2.38. The van der Waals surface area contributed by atoms with Crippen molar-refractivity contribution in [3.63, 3.8) is 0 Å². The molecule has 0 spiro atoms. The average molecular weight is 409 g/mol. The number of quaternary nitrogens is 1. The van der Waals surface area contributed by atoms with E-state index < -0.39 is 9.84 Å². The number of anilines is 1. The minimum absolute atomic E-state index is 0.0970. The zero-order chi connectivity index (χ0) is 20.5. The molecule has 1 amide bonds. The molecule has 0 radical (unpaired) electrons. The Kier molecular flexibility index (Phi) is 6.34. The Morgan fingerprint density at radius 2 is 1.96 bits per heavy atom. The molecule has 2 heterocycles. The molecule has 0 aliphatic carbocycles. The molecule has 0 saturated carbocycles. The molecule has 156 valence electrons. The van der Waals surface area contributed by atoms with Crippen LogP contribution in [0.15, 0.2) is 18.2 Å². The van der Waals surface area contributed by atoms with Crippen LogP contribution in [-0.4, -0.2) is 75.5 Å². The monoisotopic (exact) mass is 408 g/mol. The van der Waals surface area contributed by atoms with Gasteiger partial charge in [-0.1, -0.05) is 12.1 Å².